The van der Waals surface area contributed by atoms with Crippen LogP contribution in [0, 0.1) is 6.92 Å². The highest BCUT2D eigenvalue weighted by Crippen LogP contribution is 2.15. The lowest BCUT2D eigenvalue weighted by molar-refractivity contribution is -0.121. The van der Waals surface area contributed by atoms with Crippen molar-refractivity contribution in [3.05, 3.63) is 75.7 Å². The zero-order chi connectivity index (χ0) is 26.8. The first kappa shape index (κ1) is 30.3. The number of aldehydes is 1. The molecule has 9 heteroatoms. The van der Waals surface area contributed by atoms with E-state index >= 15 is 0 Å². The minimum atomic E-state index is -0.566. The van der Waals surface area contributed by atoms with E-state index in [0.29, 0.717) is 12.4 Å². The highest BCUT2D eigenvalue weighted by Gasteiger charge is 2.13. The predicted octanol–water partition coefficient (Wildman–Crippen LogP) is 2.95. The number of carbonyl (C=O) groups excluding carboxylic acids is 3. The number of ether oxygens (including phenoxy) is 2. The Morgan fingerprint density at radius 3 is 2.25 bits per heavy atom. The highest BCUT2D eigenvalue weighted by atomic mass is 16.6. The molecule has 2 aromatic rings. The number of pyridine rings is 1. The minimum Gasteiger partial charge on any atom is -0.497 e. The molecule has 1 aromatic heterocycles. The Morgan fingerprint density at radius 2 is 1.81 bits per heavy atom. The molecule has 1 fully saturated rings. The van der Waals surface area contributed by atoms with E-state index in [1.165, 1.54) is 43.0 Å². The van der Waals surface area contributed by atoms with Gasteiger partial charge in [0, 0.05) is 6.07 Å². The Labute approximate surface area is 212 Å². The first-order valence-electron chi connectivity index (χ1n) is 11.8. The van der Waals surface area contributed by atoms with Crippen LogP contribution in [0.5, 0.6) is 5.75 Å². The molecule has 1 unspecified atom stereocenters. The smallest absolute Gasteiger partial charge is 0.268 e. The summed E-state index contributed by atoms with van der Waals surface area (Å²) in [6.07, 6.45) is 7.51. The molecule has 196 valence electrons. The van der Waals surface area contributed by atoms with Crippen molar-refractivity contribution in [2.75, 3.05) is 26.8 Å². The molecule has 1 aliphatic carbocycles. The van der Waals surface area contributed by atoms with E-state index in [9.17, 15) is 19.2 Å². The molecule has 2 aliphatic rings. The lowest BCUT2D eigenvalue weighted by atomic mass is 10.2. The number of rotatable bonds is 6. The molecule has 2 heterocycles. The van der Waals surface area contributed by atoms with Gasteiger partial charge in [0.05, 0.1) is 32.9 Å². The lowest BCUT2D eigenvalue weighted by Gasteiger charge is -2.04. The van der Waals surface area contributed by atoms with E-state index in [2.05, 4.69) is 42.5 Å². The molecule has 9 nitrogen and oxygen atoms in total. The Morgan fingerprint density at radius 1 is 1.14 bits per heavy atom. The van der Waals surface area contributed by atoms with Crippen molar-refractivity contribution in [2.45, 2.75) is 46.1 Å². The maximum atomic E-state index is 11.4. The minimum absolute atomic E-state index is 0.0701. The number of epoxide rings is 1. The summed E-state index contributed by atoms with van der Waals surface area (Å²) in [4.78, 5) is 45.7. The van der Waals surface area contributed by atoms with Crippen LogP contribution >= 0.6 is 0 Å². The standard InChI is InChI=1S/C10H11N3O4.C8H10O.C6H10.C3H6O/c14-5-4-11-9(16)6-12-10(17)7-2-1-3-8(15)13-7;1-7-3-5-8(9-2)6-4-7;1-6-4-2-3-5-6;1-3-2-4-3/h1-3,5H,4,6H2,(H,11,16)(H,12,17)(H,13,15);3-6H,1-2H3;4H,2-3,5H2,1H3;3H,2H2,1H3. The maximum Gasteiger partial charge on any atom is 0.268 e. The number of allylic oxidation sites excluding steroid dienone is 2. The second-order valence-electron chi connectivity index (χ2n) is 8.19. The molecule has 0 bridgehead atoms. The fourth-order valence-corrected chi connectivity index (χ4v) is 2.66. The molecular weight excluding hydrogens is 462 g/mol. The molecule has 36 heavy (non-hydrogen) atoms. The number of nitrogens with one attached hydrogen (secondary N) is 3. The van der Waals surface area contributed by atoms with Crippen LogP contribution in [-0.4, -0.2) is 56.0 Å². The Hall–Kier alpha value is -3.72. The second kappa shape index (κ2) is 17.7. The average molecular weight is 500 g/mol. The van der Waals surface area contributed by atoms with E-state index in [1.54, 1.807) is 12.7 Å². The van der Waals surface area contributed by atoms with Gasteiger partial charge in [-0.25, -0.2) is 0 Å². The van der Waals surface area contributed by atoms with E-state index in [1.807, 2.05) is 24.3 Å². The molecule has 2 amide bonds. The summed E-state index contributed by atoms with van der Waals surface area (Å²) in [6, 6.07) is 12.1. The Bertz CT molecular complexity index is 1030. The van der Waals surface area contributed by atoms with Crippen molar-refractivity contribution in [1.29, 1.82) is 0 Å². The third-order valence-electron chi connectivity index (χ3n) is 4.83. The van der Waals surface area contributed by atoms with Crippen LogP contribution in [0.4, 0.5) is 0 Å². The largest absolute Gasteiger partial charge is 0.497 e. The molecule has 1 saturated heterocycles. The van der Waals surface area contributed by atoms with E-state index < -0.39 is 17.4 Å². The molecule has 1 aromatic carbocycles. The summed E-state index contributed by atoms with van der Waals surface area (Å²) in [7, 11) is 1.67. The van der Waals surface area contributed by atoms with Gasteiger partial charge in [-0.3, -0.25) is 14.4 Å². The van der Waals surface area contributed by atoms with Gasteiger partial charge in [0.1, 0.15) is 17.7 Å². The van der Waals surface area contributed by atoms with Crippen molar-refractivity contribution in [3.8, 4) is 5.75 Å². The summed E-state index contributed by atoms with van der Waals surface area (Å²) in [5.41, 5.74) is 2.51. The average Bonchev–Trinajstić information content (AvgIpc) is 3.52. The van der Waals surface area contributed by atoms with E-state index in [4.69, 9.17) is 9.47 Å². The van der Waals surface area contributed by atoms with Gasteiger partial charge in [0.15, 0.2) is 0 Å². The van der Waals surface area contributed by atoms with E-state index in [0.717, 1.165) is 12.4 Å². The molecule has 4 rings (SSSR count). The van der Waals surface area contributed by atoms with Gasteiger partial charge in [0.2, 0.25) is 11.5 Å². The van der Waals surface area contributed by atoms with Gasteiger partial charge >= 0.3 is 0 Å². The number of hydrogen-bond acceptors (Lipinski definition) is 6. The van der Waals surface area contributed by atoms with E-state index in [-0.39, 0.29) is 18.8 Å². The van der Waals surface area contributed by atoms with Gasteiger partial charge in [-0.1, -0.05) is 35.4 Å². The van der Waals surface area contributed by atoms with Crippen LogP contribution in [0.15, 0.2) is 58.9 Å². The molecule has 1 atom stereocenters. The number of amides is 2. The zero-order valence-corrected chi connectivity index (χ0v) is 21.5. The molecular formula is C27H37N3O6. The molecule has 0 spiro atoms. The first-order valence-corrected chi connectivity index (χ1v) is 11.8. The van der Waals surface area contributed by atoms with Crippen LogP contribution in [0.3, 0.4) is 0 Å². The first-order chi connectivity index (χ1) is 17.2. The molecule has 1 aliphatic heterocycles. The fourth-order valence-electron chi connectivity index (χ4n) is 2.66. The van der Waals surface area contributed by atoms with Gasteiger partial charge < -0.3 is 29.9 Å². The molecule has 3 N–H and O–H groups in total. The monoisotopic (exact) mass is 499 g/mol. The third kappa shape index (κ3) is 15.2. The van der Waals surface area contributed by atoms with Crippen LogP contribution in [0.1, 0.15) is 49.2 Å². The number of methoxy groups -OCH3 is 1. The number of carbonyl (C=O) groups is 3. The van der Waals surface area contributed by atoms with Gasteiger partial charge in [-0.2, -0.15) is 0 Å². The number of H-pyrrole nitrogens is 1. The summed E-state index contributed by atoms with van der Waals surface area (Å²) in [5.74, 6) is -0.131. The Balaban J connectivity index is 0.000000280. The quantitative estimate of drug-likeness (QED) is 0.318. The van der Waals surface area contributed by atoms with Gasteiger partial charge in [-0.05, 0) is 58.2 Å². The lowest BCUT2D eigenvalue weighted by Crippen LogP contribution is -2.38. The van der Waals surface area contributed by atoms with Crippen LogP contribution in [0.2, 0.25) is 0 Å². The van der Waals surface area contributed by atoms with Crippen molar-refractivity contribution >= 4 is 18.1 Å². The highest BCUT2D eigenvalue weighted by molar-refractivity contribution is 5.94. The van der Waals surface area contributed by atoms with Crippen LogP contribution in [0.25, 0.3) is 0 Å². The van der Waals surface area contributed by atoms with Crippen LogP contribution in [-0.2, 0) is 14.3 Å². The fraction of sp³-hybridized carbons (Fsp3) is 0.407. The number of benzene rings is 1. The van der Waals surface area contributed by atoms with Crippen molar-refractivity contribution in [1.82, 2.24) is 15.6 Å². The summed E-state index contributed by atoms with van der Waals surface area (Å²) in [5, 5.41) is 4.55. The molecule has 0 saturated carbocycles. The zero-order valence-electron chi connectivity index (χ0n) is 21.5. The normalized spacial score (nSPS) is 14.7. The Kier molecular flexibility index (Phi) is 14.9. The number of aryl methyl sites for hydroxylation is 1. The third-order valence-corrected chi connectivity index (χ3v) is 4.83. The second-order valence-corrected chi connectivity index (χ2v) is 8.19. The topological polar surface area (TPSA) is 130 Å². The summed E-state index contributed by atoms with van der Waals surface area (Å²) in [6.45, 7) is 6.94. The van der Waals surface area contributed by atoms with Crippen molar-refractivity contribution in [3.63, 3.8) is 0 Å². The summed E-state index contributed by atoms with van der Waals surface area (Å²) >= 11 is 0. The van der Waals surface area contributed by atoms with Crippen molar-refractivity contribution < 1.29 is 23.9 Å². The molecule has 0 radical (unpaired) electrons. The SMILES string of the molecule is CC1=CCCC1.CC1CO1.COc1ccc(C)cc1.O=CCNC(=O)CNC(=O)c1cccc(=O)[nH]1. The van der Waals surface area contributed by atoms with Crippen LogP contribution < -0.4 is 20.9 Å². The number of aromatic amines is 1. The van der Waals surface area contributed by atoms with Gasteiger partial charge in [-0.15, -0.1) is 0 Å². The van der Waals surface area contributed by atoms with Crippen molar-refractivity contribution in [2.24, 2.45) is 0 Å². The predicted molar refractivity (Wildman–Crippen MR) is 139 cm³/mol. The van der Waals surface area contributed by atoms with Gasteiger partial charge in [0.25, 0.3) is 5.91 Å². The number of aromatic nitrogens is 1. The number of hydrogen-bond donors (Lipinski definition) is 3. The maximum absolute atomic E-state index is 11.4. The summed E-state index contributed by atoms with van der Waals surface area (Å²) < 4.78 is 9.68.